The van der Waals surface area contributed by atoms with Crippen molar-refractivity contribution in [1.82, 2.24) is 9.97 Å². The van der Waals surface area contributed by atoms with Gasteiger partial charge in [-0.15, -0.1) is 0 Å². The second-order valence-corrected chi connectivity index (χ2v) is 6.66. The maximum Gasteiger partial charge on any atom is 0.165 e. The number of benzene rings is 2. The molecular weight excluding hydrogens is 310 g/mol. The number of para-hydroxylation sites is 2. The molecule has 0 aliphatic carbocycles. The monoisotopic (exact) mass is 333 g/mol. The molecule has 0 radical (unpaired) electrons. The van der Waals surface area contributed by atoms with Crippen LogP contribution >= 0.6 is 0 Å². The van der Waals surface area contributed by atoms with Crippen molar-refractivity contribution in [3.8, 4) is 17.1 Å². The van der Waals surface area contributed by atoms with E-state index in [1.165, 1.54) is 32.1 Å². The molecule has 1 aliphatic heterocycles. The fourth-order valence-corrected chi connectivity index (χ4v) is 3.54. The molecule has 3 aromatic rings. The first-order valence-corrected chi connectivity index (χ1v) is 9.13. The van der Waals surface area contributed by atoms with Crippen molar-refractivity contribution in [2.45, 2.75) is 32.1 Å². The molecule has 0 atom stereocenters. The van der Waals surface area contributed by atoms with Gasteiger partial charge in [-0.05, 0) is 37.1 Å². The van der Waals surface area contributed by atoms with Crippen LogP contribution in [-0.4, -0.2) is 28.2 Å². The first-order chi connectivity index (χ1) is 12.3. The number of phenols is 1. The van der Waals surface area contributed by atoms with Gasteiger partial charge >= 0.3 is 0 Å². The zero-order valence-electron chi connectivity index (χ0n) is 14.4. The standard InChI is InChI=1S/C21H23N3O/c25-19-13-7-5-11-17(19)20-22-18-12-6-4-10-16(18)21(23-20)24-14-8-2-1-3-9-15-24/h4-7,10-13,25H,1-3,8-9,14-15H2. The van der Waals surface area contributed by atoms with Crippen LogP contribution in [0.3, 0.4) is 0 Å². The van der Waals surface area contributed by atoms with Gasteiger partial charge in [-0.25, -0.2) is 9.97 Å². The van der Waals surface area contributed by atoms with Crippen molar-refractivity contribution in [2.24, 2.45) is 0 Å². The van der Waals surface area contributed by atoms with Crippen LogP contribution in [0.5, 0.6) is 5.75 Å². The molecule has 2 heterocycles. The van der Waals surface area contributed by atoms with Crippen LogP contribution in [0.4, 0.5) is 5.82 Å². The first kappa shape index (κ1) is 15.9. The van der Waals surface area contributed by atoms with Gasteiger partial charge in [0.15, 0.2) is 5.82 Å². The summed E-state index contributed by atoms with van der Waals surface area (Å²) < 4.78 is 0. The van der Waals surface area contributed by atoms with Gasteiger partial charge in [0.1, 0.15) is 11.6 Å². The summed E-state index contributed by atoms with van der Waals surface area (Å²) in [7, 11) is 0. The minimum atomic E-state index is 0.219. The number of hydrogen-bond acceptors (Lipinski definition) is 4. The highest BCUT2D eigenvalue weighted by Gasteiger charge is 2.17. The molecule has 1 aromatic heterocycles. The van der Waals surface area contributed by atoms with Crippen molar-refractivity contribution in [3.63, 3.8) is 0 Å². The quantitative estimate of drug-likeness (QED) is 0.734. The van der Waals surface area contributed by atoms with E-state index in [1.807, 2.05) is 36.4 Å². The Labute approximate surface area is 148 Å². The molecule has 25 heavy (non-hydrogen) atoms. The molecule has 4 heteroatoms. The zero-order chi connectivity index (χ0) is 17.1. The number of phenolic OH excluding ortho intramolecular Hbond substituents is 1. The molecule has 0 spiro atoms. The Morgan fingerprint density at radius 2 is 1.44 bits per heavy atom. The van der Waals surface area contributed by atoms with E-state index in [1.54, 1.807) is 6.07 Å². The maximum atomic E-state index is 10.2. The van der Waals surface area contributed by atoms with E-state index in [9.17, 15) is 5.11 Å². The fraction of sp³-hybridized carbons (Fsp3) is 0.333. The van der Waals surface area contributed by atoms with Crippen LogP contribution in [0.1, 0.15) is 32.1 Å². The highest BCUT2D eigenvalue weighted by atomic mass is 16.3. The molecule has 4 nitrogen and oxygen atoms in total. The summed E-state index contributed by atoms with van der Waals surface area (Å²) in [5.41, 5.74) is 1.61. The van der Waals surface area contributed by atoms with Crippen LogP contribution in [-0.2, 0) is 0 Å². The Morgan fingerprint density at radius 1 is 0.760 bits per heavy atom. The number of hydrogen-bond donors (Lipinski definition) is 1. The molecule has 2 aromatic carbocycles. The van der Waals surface area contributed by atoms with E-state index in [0.717, 1.165) is 29.8 Å². The van der Waals surface area contributed by atoms with E-state index in [0.29, 0.717) is 11.4 Å². The van der Waals surface area contributed by atoms with Gasteiger partial charge in [0.05, 0.1) is 11.1 Å². The van der Waals surface area contributed by atoms with E-state index < -0.39 is 0 Å². The summed E-state index contributed by atoms with van der Waals surface area (Å²) in [6.07, 6.45) is 6.30. The molecule has 1 fully saturated rings. The van der Waals surface area contributed by atoms with Gasteiger partial charge in [-0.2, -0.15) is 0 Å². The minimum absolute atomic E-state index is 0.219. The summed E-state index contributed by atoms with van der Waals surface area (Å²) in [4.78, 5) is 12.0. The zero-order valence-corrected chi connectivity index (χ0v) is 14.4. The predicted molar refractivity (Wildman–Crippen MR) is 102 cm³/mol. The molecule has 0 amide bonds. The second kappa shape index (κ2) is 7.09. The number of rotatable bonds is 2. The van der Waals surface area contributed by atoms with Crippen LogP contribution in [0.25, 0.3) is 22.3 Å². The number of nitrogens with zero attached hydrogens (tertiary/aromatic N) is 3. The highest BCUT2D eigenvalue weighted by Crippen LogP contribution is 2.32. The summed E-state index contributed by atoms with van der Waals surface area (Å²) in [5.74, 6) is 1.80. The van der Waals surface area contributed by atoms with Gasteiger partial charge in [0, 0.05) is 18.5 Å². The van der Waals surface area contributed by atoms with Crippen molar-refractivity contribution in [2.75, 3.05) is 18.0 Å². The van der Waals surface area contributed by atoms with Crippen LogP contribution in [0.2, 0.25) is 0 Å². The van der Waals surface area contributed by atoms with Crippen molar-refractivity contribution in [1.29, 1.82) is 0 Å². The summed E-state index contributed by atoms with van der Waals surface area (Å²) in [6.45, 7) is 2.06. The molecule has 0 bridgehead atoms. The molecule has 1 saturated heterocycles. The SMILES string of the molecule is Oc1ccccc1-c1nc(N2CCCCCCC2)c2ccccc2n1. The summed E-state index contributed by atoms with van der Waals surface area (Å²) >= 11 is 0. The number of anilines is 1. The molecule has 1 aliphatic rings. The average molecular weight is 333 g/mol. The summed E-state index contributed by atoms with van der Waals surface area (Å²) in [5, 5.41) is 11.3. The van der Waals surface area contributed by atoms with E-state index in [-0.39, 0.29) is 5.75 Å². The number of aromatic nitrogens is 2. The van der Waals surface area contributed by atoms with Gasteiger partial charge in [-0.3, -0.25) is 0 Å². The van der Waals surface area contributed by atoms with Crippen molar-refractivity contribution >= 4 is 16.7 Å². The smallest absolute Gasteiger partial charge is 0.165 e. The van der Waals surface area contributed by atoms with Crippen molar-refractivity contribution in [3.05, 3.63) is 48.5 Å². The van der Waals surface area contributed by atoms with Crippen LogP contribution in [0.15, 0.2) is 48.5 Å². The average Bonchev–Trinajstić information content (AvgIpc) is 2.61. The Bertz CT molecular complexity index is 870. The normalized spacial score (nSPS) is 15.8. The summed E-state index contributed by atoms with van der Waals surface area (Å²) in [6, 6.07) is 15.4. The lowest BCUT2D eigenvalue weighted by molar-refractivity contribution is 0.477. The molecular formula is C21H23N3O. The number of fused-ring (bicyclic) bond motifs is 1. The molecule has 4 rings (SSSR count). The predicted octanol–water partition coefficient (Wildman–Crippen LogP) is 4.77. The minimum Gasteiger partial charge on any atom is -0.507 e. The van der Waals surface area contributed by atoms with Gasteiger partial charge in [0.2, 0.25) is 0 Å². The van der Waals surface area contributed by atoms with Crippen molar-refractivity contribution < 1.29 is 5.11 Å². The largest absolute Gasteiger partial charge is 0.507 e. The lowest BCUT2D eigenvalue weighted by Gasteiger charge is -2.27. The molecule has 1 N–H and O–H groups in total. The molecule has 128 valence electrons. The highest BCUT2D eigenvalue weighted by molar-refractivity contribution is 5.91. The van der Waals surface area contributed by atoms with Crippen LogP contribution < -0.4 is 4.90 Å². The van der Waals surface area contributed by atoms with Gasteiger partial charge < -0.3 is 10.0 Å². The topological polar surface area (TPSA) is 49.3 Å². The molecule has 0 saturated carbocycles. The third-order valence-corrected chi connectivity index (χ3v) is 4.88. The third kappa shape index (κ3) is 3.29. The van der Waals surface area contributed by atoms with Gasteiger partial charge in [0.25, 0.3) is 0 Å². The van der Waals surface area contributed by atoms with Gasteiger partial charge in [-0.1, -0.05) is 43.5 Å². The first-order valence-electron chi connectivity index (χ1n) is 9.13. The second-order valence-electron chi connectivity index (χ2n) is 6.66. The third-order valence-electron chi connectivity index (χ3n) is 4.88. The lowest BCUT2D eigenvalue weighted by atomic mass is 10.1. The Kier molecular flexibility index (Phi) is 4.51. The molecule has 0 unspecified atom stereocenters. The fourth-order valence-electron chi connectivity index (χ4n) is 3.54. The van der Waals surface area contributed by atoms with E-state index >= 15 is 0 Å². The Morgan fingerprint density at radius 3 is 2.24 bits per heavy atom. The maximum absolute atomic E-state index is 10.2. The Hall–Kier alpha value is -2.62. The van der Waals surface area contributed by atoms with Crippen LogP contribution in [0, 0.1) is 0 Å². The lowest BCUT2D eigenvalue weighted by Crippen LogP contribution is -2.28. The Balaban J connectivity index is 1.85. The van der Waals surface area contributed by atoms with E-state index in [4.69, 9.17) is 9.97 Å². The van der Waals surface area contributed by atoms with E-state index in [2.05, 4.69) is 11.0 Å². The number of aromatic hydroxyl groups is 1.